The number of alkyl carbamates (subject to hydrolysis) is 1. The molecule has 5 atom stereocenters. The molecule has 51 heavy (non-hydrogen) atoms. The number of alkyl halides is 2. The first-order valence-corrected chi connectivity index (χ1v) is 20.6. The number of methoxy groups -OCH3 is 1. The van der Waals surface area contributed by atoms with Crippen molar-refractivity contribution in [3.8, 4) is 11.6 Å². The van der Waals surface area contributed by atoms with E-state index < -0.39 is 97.0 Å². The van der Waals surface area contributed by atoms with Gasteiger partial charge in [0.1, 0.15) is 0 Å². The van der Waals surface area contributed by atoms with E-state index in [0.29, 0.717) is 29.6 Å². The SMILES string of the molecule is C=C[C@@H]1[I-][C@]1(NC(=O)[C@@H]1C[C@@H](Oc2nc3cc(OC)ccc3nc2Cl)CN1C(=O)[C@@H](NC(=O)OC(C)(C)C)C(C)(C)C)C(=O)NS(=O)(=O)C1CC1. The molecular formula is C33H43ClIN6O9S-. The second kappa shape index (κ2) is 14.2. The van der Waals surface area contributed by atoms with Crippen LogP contribution < -0.4 is 46.0 Å². The van der Waals surface area contributed by atoms with Gasteiger partial charge in [-0.15, -0.1) is 0 Å². The van der Waals surface area contributed by atoms with Crippen LogP contribution in [0.2, 0.25) is 5.15 Å². The molecule has 0 unspecified atom stereocenters. The van der Waals surface area contributed by atoms with E-state index >= 15 is 0 Å². The predicted molar refractivity (Wildman–Crippen MR) is 183 cm³/mol. The molecule has 0 spiro atoms. The Hall–Kier alpha value is -3.45. The van der Waals surface area contributed by atoms with Gasteiger partial charge >= 0.3 is 296 Å². The number of aromatic nitrogens is 2. The number of hydrogen-bond acceptors (Lipinski definition) is 11. The quantitative estimate of drug-likeness (QED) is 0.116. The van der Waals surface area contributed by atoms with Gasteiger partial charge in [-0.25, -0.2) is 0 Å². The zero-order chi connectivity index (χ0) is 37.7. The average molecular weight is 862 g/mol. The fraction of sp³-hybridized carbons (Fsp3) is 0.576. The van der Waals surface area contributed by atoms with Gasteiger partial charge in [0.25, 0.3) is 0 Å². The molecule has 2 aliphatic heterocycles. The monoisotopic (exact) mass is 861 g/mol. The molecule has 280 valence electrons. The van der Waals surface area contributed by atoms with Crippen molar-refractivity contribution in [1.82, 2.24) is 30.2 Å². The number of carbonyl (C=O) groups excluding carboxylic acids is 4. The third-order valence-electron chi connectivity index (χ3n) is 8.36. The van der Waals surface area contributed by atoms with Gasteiger partial charge in [-0.05, 0) is 6.07 Å². The molecule has 1 aliphatic carbocycles. The molecule has 1 aromatic carbocycles. The van der Waals surface area contributed by atoms with Crippen LogP contribution in [0, 0.1) is 5.41 Å². The molecule has 15 nitrogen and oxygen atoms in total. The standard InChI is InChI=1S/C33H43ClIN6O9S/c1-9-23-33(35-23,29(44)40-51(46,47)19-11-12-19)39-26(42)22-15-18(49-27-25(34)36-20-13-10-17(48-8)14-21(20)37-27)16-41(22)28(43)24(31(2,3)4)38-30(45)50-32(5,6)7/h9-10,13-14,18-19,22-24H,1,11-12,15-16H2,2-8H3,(H,38,45)(H,39,42)(H,40,44)/q-1/t18-,22+,23+,24-,33-/m1/s1. The van der Waals surface area contributed by atoms with Crippen LogP contribution in [-0.2, 0) is 29.1 Å². The second-order valence-electron chi connectivity index (χ2n) is 14.7. The van der Waals surface area contributed by atoms with Gasteiger partial charge in [0, 0.05) is 0 Å². The number of nitrogens with one attached hydrogen (secondary N) is 3. The Morgan fingerprint density at radius 1 is 1.12 bits per heavy atom. The van der Waals surface area contributed by atoms with Crippen LogP contribution in [0.1, 0.15) is 60.8 Å². The number of rotatable bonds is 11. The van der Waals surface area contributed by atoms with Crippen LogP contribution in [-0.4, -0.2) is 97.3 Å². The molecule has 3 N–H and O–H groups in total. The van der Waals surface area contributed by atoms with Crippen molar-refractivity contribution < 1.29 is 63.0 Å². The number of likely N-dealkylation sites (tertiary alicyclic amines) is 1. The van der Waals surface area contributed by atoms with Crippen molar-refractivity contribution in [2.75, 3.05) is 13.7 Å². The van der Waals surface area contributed by atoms with E-state index in [4.69, 9.17) is 25.8 Å². The van der Waals surface area contributed by atoms with Crippen LogP contribution in [0.15, 0.2) is 30.9 Å². The van der Waals surface area contributed by atoms with E-state index in [-0.39, 0.29) is 24.0 Å². The van der Waals surface area contributed by atoms with Crippen LogP contribution in [0.3, 0.4) is 0 Å². The van der Waals surface area contributed by atoms with Crippen LogP contribution in [0.4, 0.5) is 4.79 Å². The summed E-state index contributed by atoms with van der Waals surface area (Å²) >= 11 is 5.40. The summed E-state index contributed by atoms with van der Waals surface area (Å²) in [5.41, 5.74) is -0.753. The molecule has 2 aromatic rings. The maximum atomic E-state index is 14.4. The molecule has 5 rings (SSSR count). The minimum atomic E-state index is -3.90. The van der Waals surface area contributed by atoms with Crippen LogP contribution in [0.5, 0.6) is 11.6 Å². The van der Waals surface area contributed by atoms with Gasteiger partial charge in [0.2, 0.25) is 0 Å². The first-order chi connectivity index (χ1) is 23.7. The maximum absolute atomic E-state index is 14.4. The Morgan fingerprint density at radius 2 is 1.80 bits per heavy atom. The summed E-state index contributed by atoms with van der Waals surface area (Å²) in [5, 5.41) is 4.78. The van der Waals surface area contributed by atoms with Crippen molar-refractivity contribution in [2.24, 2.45) is 5.41 Å². The summed E-state index contributed by atoms with van der Waals surface area (Å²) in [6.07, 6.45) is 0.731. The average Bonchev–Trinajstić information content (AvgIpc) is 3.95. The molecule has 1 aromatic heterocycles. The first kappa shape index (κ1) is 38.8. The number of halogens is 2. The predicted octanol–water partition coefficient (Wildman–Crippen LogP) is -0.342. The summed E-state index contributed by atoms with van der Waals surface area (Å²) in [6, 6.07) is 2.72. The van der Waals surface area contributed by atoms with Gasteiger partial charge in [0.15, 0.2) is 0 Å². The third kappa shape index (κ3) is 8.79. The first-order valence-electron chi connectivity index (χ1n) is 16.3. The fourth-order valence-electron chi connectivity index (χ4n) is 5.59. The van der Waals surface area contributed by atoms with Crippen LogP contribution in [0.25, 0.3) is 11.0 Å². The minimum absolute atomic E-state index is 0.0314. The molecule has 3 aliphatic rings. The van der Waals surface area contributed by atoms with E-state index in [1.807, 2.05) is 0 Å². The Morgan fingerprint density at radius 3 is 2.37 bits per heavy atom. The third-order valence-corrected chi connectivity index (χ3v) is 14.3. The number of benzene rings is 1. The van der Waals surface area contributed by atoms with E-state index in [1.165, 1.54) is 18.1 Å². The number of sulfonamides is 1. The summed E-state index contributed by atoms with van der Waals surface area (Å²) in [6.45, 7) is 14.0. The molecule has 1 saturated carbocycles. The van der Waals surface area contributed by atoms with Crippen molar-refractivity contribution in [2.45, 2.75) is 97.3 Å². The summed E-state index contributed by atoms with van der Waals surface area (Å²) in [5.74, 6) is -1.61. The fourth-order valence-corrected chi connectivity index (χ4v) is 9.96. The number of carbonyl (C=O) groups is 4. The number of amides is 4. The summed E-state index contributed by atoms with van der Waals surface area (Å²) in [7, 11) is -2.38. The van der Waals surface area contributed by atoms with Gasteiger partial charge in [-0.2, -0.15) is 0 Å². The van der Waals surface area contributed by atoms with Gasteiger partial charge < -0.3 is 4.74 Å². The Bertz CT molecular complexity index is 1860. The zero-order valence-corrected chi connectivity index (χ0v) is 33.1. The van der Waals surface area contributed by atoms with E-state index in [1.54, 1.807) is 59.7 Å². The normalized spacial score (nSPS) is 24.1. The van der Waals surface area contributed by atoms with E-state index in [9.17, 15) is 27.6 Å². The van der Waals surface area contributed by atoms with Gasteiger partial charge in [-0.3, -0.25) is 0 Å². The summed E-state index contributed by atoms with van der Waals surface area (Å²) in [4.78, 5) is 65.1. The van der Waals surface area contributed by atoms with E-state index in [0.717, 1.165) is 0 Å². The van der Waals surface area contributed by atoms with Crippen molar-refractivity contribution in [1.29, 1.82) is 0 Å². The molecule has 0 bridgehead atoms. The van der Waals surface area contributed by atoms with Gasteiger partial charge in [0.05, 0.1) is 7.11 Å². The molecule has 0 radical (unpaired) electrons. The van der Waals surface area contributed by atoms with E-state index in [2.05, 4.69) is 31.9 Å². The second-order valence-corrected chi connectivity index (χ2v) is 20.7. The Balaban J connectivity index is 1.45. The number of nitrogens with zero attached hydrogens (tertiary/aromatic N) is 3. The molecule has 4 amide bonds. The topological polar surface area (TPSA) is 195 Å². The molecular weight excluding hydrogens is 819 g/mol. The molecule has 3 heterocycles. The number of hydrogen-bond donors (Lipinski definition) is 3. The number of fused-ring (bicyclic) bond motifs is 1. The zero-order valence-electron chi connectivity index (χ0n) is 29.4. The van der Waals surface area contributed by atoms with Crippen molar-refractivity contribution >= 4 is 56.5 Å². The van der Waals surface area contributed by atoms with Crippen molar-refractivity contribution in [3.05, 3.63) is 36.0 Å². The molecule has 18 heteroatoms. The Labute approximate surface area is 312 Å². The molecule has 2 saturated heterocycles. The number of ether oxygens (including phenoxy) is 3. The van der Waals surface area contributed by atoms with Crippen LogP contribution >= 0.6 is 11.6 Å². The summed E-state index contributed by atoms with van der Waals surface area (Å²) < 4.78 is 42.5. The molecule has 3 fully saturated rings. The Kier molecular flexibility index (Phi) is 10.8. The van der Waals surface area contributed by atoms with Gasteiger partial charge in [-0.1, -0.05) is 0 Å². The van der Waals surface area contributed by atoms with Crippen molar-refractivity contribution in [3.63, 3.8) is 0 Å².